The van der Waals surface area contributed by atoms with Crippen LogP contribution in [0.15, 0.2) is 0 Å². The summed E-state index contributed by atoms with van der Waals surface area (Å²) in [4.78, 5) is 11.1. The van der Waals surface area contributed by atoms with Crippen molar-refractivity contribution >= 4 is 5.97 Å². The Labute approximate surface area is 66.9 Å². The highest BCUT2D eigenvalue weighted by atomic mass is 16.5. The van der Waals surface area contributed by atoms with Crippen molar-refractivity contribution in [3.05, 3.63) is 0 Å². The van der Waals surface area contributed by atoms with Crippen LogP contribution >= 0.6 is 0 Å². The standard InChI is InChI=1S/C8H14NO2/c1-11-7(10)8(9)5-3-2-4-6-8/h9H,2-6H2,1H3. The van der Waals surface area contributed by atoms with E-state index in [4.69, 9.17) is 5.73 Å². The van der Waals surface area contributed by atoms with Gasteiger partial charge < -0.3 is 4.74 Å². The van der Waals surface area contributed by atoms with Crippen molar-refractivity contribution in [3.63, 3.8) is 0 Å². The Kier molecular flexibility index (Phi) is 2.49. The number of carbonyl (C=O) groups excluding carboxylic acids is 1. The largest absolute Gasteiger partial charge is 0.468 e. The molecule has 0 heterocycles. The van der Waals surface area contributed by atoms with E-state index in [0.717, 1.165) is 19.3 Å². The van der Waals surface area contributed by atoms with Crippen molar-refractivity contribution in [1.29, 1.82) is 0 Å². The molecule has 1 rings (SSSR count). The van der Waals surface area contributed by atoms with Crippen molar-refractivity contribution in [2.45, 2.75) is 37.6 Å². The molecule has 3 nitrogen and oxygen atoms in total. The van der Waals surface area contributed by atoms with Gasteiger partial charge in [-0.2, -0.15) is 0 Å². The van der Waals surface area contributed by atoms with Gasteiger partial charge in [0.2, 0.25) is 0 Å². The second kappa shape index (κ2) is 3.22. The summed E-state index contributed by atoms with van der Waals surface area (Å²) in [6.45, 7) is 0. The summed E-state index contributed by atoms with van der Waals surface area (Å²) in [5, 5.41) is 0. The van der Waals surface area contributed by atoms with Gasteiger partial charge in [-0.15, -0.1) is 0 Å². The molecule has 0 amide bonds. The second-order valence-corrected chi connectivity index (χ2v) is 3.13. The monoisotopic (exact) mass is 156 g/mol. The molecular formula is C8H14NO2. The highest BCUT2D eigenvalue weighted by Gasteiger charge is 2.36. The van der Waals surface area contributed by atoms with Gasteiger partial charge in [-0.05, 0) is 12.8 Å². The predicted molar refractivity (Wildman–Crippen MR) is 40.9 cm³/mol. The second-order valence-electron chi connectivity index (χ2n) is 3.13. The topological polar surface area (TPSA) is 50.1 Å². The highest BCUT2D eigenvalue weighted by Crippen LogP contribution is 2.27. The maximum atomic E-state index is 11.1. The van der Waals surface area contributed by atoms with E-state index in [0.29, 0.717) is 12.8 Å². The number of hydrogen-bond acceptors (Lipinski definition) is 2. The van der Waals surface area contributed by atoms with Gasteiger partial charge in [0.25, 0.3) is 0 Å². The molecule has 1 fully saturated rings. The van der Waals surface area contributed by atoms with Crippen molar-refractivity contribution < 1.29 is 9.53 Å². The van der Waals surface area contributed by atoms with E-state index < -0.39 is 5.54 Å². The SMILES string of the molecule is COC(=O)C1([NH])CCCCC1. The van der Waals surface area contributed by atoms with Crippen LogP contribution in [-0.2, 0) is 9.53 Å². The molecule has 0 bridgehead atoms. The van der Waals surface area contributed by atoms with E-state index >= 15 is 0 Å². The molecular weight excluding hydrogens is 142 g/mol. The van der Waals surface area contributed by atoms with E-state index in [-0.39, 0.29) is 5.97 Å². The van der Waals surface area contributed by atoms with E-state index in [1.165, 1.54) is 7.11 Å². The first-order valence-electron chi connectivity index (χ1n) is 4.02. The van der Waals surface area contributed by atoms with Crippen LogP contribution in [0.5, 0.6) is 0 Å². The van der Waals surface area contributed by atoms with E-state index in [1.54, 1.807) is 0 Å². The summed E-state index contributed by atoms with van der Waals surface area (Å²) in [6.07, 6.45) is 4.45. The molecule has 0 spiro atoms. The summed E-state index contributed by atoms with van der Waals surface area (Å²) in [5.74, 6) is -0.364. The molecule has 1 radical (unpaired) electrons. The van der Waals surface area contributed by atoms with Gasteiger partial charge in [-0.25, -0.2) is 5.73 Å². The van der Waals surface area contributed by atoms with E-state index in [9.17, 15) is 4.79 Å². The zero-order valence-corrected chi connectivity index (χ0v) is 6.85. The van der Waals surface area contributed by atoms with Crippen molar-refractivity contribution in [3.8, 4) is 0 Å². The molecule has 0 aromatic heterocycles. The Bertz CT molecular complexity index is 150. The fraction of sp³-hybridized carbons (Fsp3) is 0.875. The zero-order chi connectivity index (χ0) is 8.32. The van der Waals surface area contributed by atoms with Crippen molar-refractivity contribution in [1.82, 2.24) is 5.73 Å². The van der Waals surface area contributed by atoms with Crippen LogP contribution < -0.4 is 5.73 Å². The predicted octanol–water partition coefficient (Wildman–Crippen LogP) is 1.15. The van der Waals surface area contributed by atoms with Crippen LogP contribution in [0.4, 0.5) is 0 Å². The first-order valence-corrected chi connectivity index (χ1v) is 4.02. The van der Waals surface area contributed by atoms with E-state index in [1.807, 2.05) is 0 Å². The Morgan fingerprint density at radius 2 is 1.91 bits per heavy atom. The lowest BCUT2D eigenvalue weighted by atomic mass is 9.83. The molecule has 0 unspecified atom stereocenters. The molecule has 1 aliphatic rings. The summed E-state index contributed by atoms with van der Waals surface area (Å²) in [5.41, 5.74) is 6.83. The van der Waals surface area contributed by atoms with Gasteiger partial charge in [-0.3, -0.25) is 4.79 Å². The summed E-state index contributed by atoms with van der Waals surface area (Å²) in [6, 6.07) is 0. The molecule has 63 valence electrons. The van der Waals surface area contributed by atoms with Crippen LogP contribution in [-0.4, -0.2) is 18.6 Å². The van der Waals surface area contributed by atoms with Crippen molar-refractivity contribution in [2.75, 3.05) is 7.11 Å². The smallest absolute Gasteiger partial charge is 0.327 e. The van der Waals surface area contributed by atoms with Gasteiger partial charge in [0.1, 0.15) is 5.54 Å². The Balaban J connectivity index is 2.56. The molecule has 1 aliphatic carbocycles. The number of ether oxygens (including phenoxy) is 1. The normalized spacial score (nSPS) is 22.7. The fourth-order valence-corrected chi connectivity index (χ4v) is 1.55. The van der Waals surface area contributed by atoms with Crippen LogP contribution in [0.2, 0.25) is 0 Å². The number of esters is 1. The lowest BCUT2D eigenvalue weighted by Gasteiger charge is -2.28. The molecule has 0 saturated heterocycles. The molecule has 1 N–H and O–H groups in total. The zero-order valence-electron chi connectivity index (χ0n) is 6.85. The minimum absolute atomic E-state index is 0.364. The molecule has 3 heteroatoms. The number of methoxy groups -OCH3 is 1. The highest BCUT2D eigenvalue weighted by molar-refractivity contribution is 5.80. The van der Waals surface area contributed by atoms with Crippen LogP contribution in [0.1, 0.15) is 32.1 Å². The van der Waals surface area contributed by atoms with Gasteiger partial charge in [0.05, 0.1) is 7.11 Å². The Hall–Kier alpha value is -0.570. The third kappa shape index (κ3) is 1.71. The van der Waals surface area contributed by atoms with Gasteiger partial charge >= 0.3 is 5.97 Å². The number of carbonyl (C=O) groups is 1. The minimum Gasteiger partial charge on any atom is -0.468 e. The third-order valence-electron chi connectivity index (χ3n) is 2.28. The molecule has 0 aromatic carbocycles. The summed E-state index contributed by atoms with van der Waals surface area (Å²) in [7, 11) is 1.35. The summed E-state index contributed by atoms with van der Waals surface area (Å²) < 4.78 is 4.57. The Morgan fingerprint density at radius 3 is 2.36 bits per heavy atom. The molecule has 0 atom stereocenters. The van der Waals surface area contributed by atoms with Crippen LogP contribution in [0, 0.1) is 0 Å². The van der Waals surface area contributed by atoms with Gasteiger partial charge in [0.15, 0.2) is 0 Å². The first-order chi connectivity index (χ1) is 5.19. The van der Waals surface area contributed by atoms with E-state index in [2.05, 4.69) is 4.74 Å². The average Bonchev–Trinajstić information content (AvgIpc) is 2.04. The lowest BCUT2D eigenvalue weighted by Crippen LogP contribution is -2.42. The van der Waals surface area contributed by atoms with Gasteiger partial charge in [0, 0.05) is 0 Å². The number of nitrogens with one attached hydrogen (secondary N) is 1. The number of hydrogen-bond donors (Lipinski definition) is 0. The average molecular weight is 156 g/mol. The van der Waals surface area contributed by atoms with Crippen molar-refractivity contribution in [2.24, 2.45) is 0 Å². The minimum atomic E-state index is -0.924. The van der Waals surface area contributed by atoms with Crippen LogP contribution in [0.3, 0.4) is 0 Å². The molecule has 11 heavy (non-hydrogen) atoms. The molecule has 0 aromatic rings. The fourth-order valence-electron chi connectivity index (χ4n) is 1.55. The maximum Gasteiger partial charge on any atom is 0.327 e. The Morgan fingerprint density at radius 1 is 1.36 bits per heavy atom. The summed E-state index contributed by atoms with van der Waals surface area (Å²) >= 11 is 0. The number of rotatable bonds is 1. The molecule has 1 saturated carbocycles. The lowest BCUT2D eigenvalue weighted by molar-refractivity contribution is -0.148. The van der Waals surface area contributed by atoms with Gasteiger partial charge in [-0.1, -0.05) is 19.3 Å². The van der Waals surface area contributed by atoms with Crippen LogP contribution in [0.25, 0.3) is 0 Å². The quantitative estimate of drug-likeness (QED) is 0.534. The third-order valence-corrected chi connectivity index (χ3v) is 2.28. The molecule has 0 aliphatic heterocycles. The maximum absolute atomic E-state index is 11.1. The first kappa shape index (κ1) is 8.53.